The lowest BCUT2D eigenvalue weighted by molar-refractivity contribution is -0.113. The molecule has 3 aromatic heterocycles. The molecule has 1 aliphatic heterocycles. The summed E-state index contributed by atoms with van der Waals surface area (Å²) in [6.45, 7) is 1.10. The Bertz CT molecular complexity index is 1380. The van der Waals surface area contributed by atoms with Crippen molar-refractivity contribution in [1.82, 2.24) is 19.2 Å². The number of nitrogens with one attached hydrogen (secondary N) is 1. The number of nitrogens with zero attached hydrogens (tertiary/aromatic N) is 4. The van der Waals surface area contributed by atoms with Crippen molar-refractivity contribution in [3.05, 3.63) is 50.8 Å². The molecule has 1 saturated heterocycles. The predicted octanol–water partition coefficient (Wildman–Crippen LogP) is 3.81. The van der Waals surface area contributed by atoms with E-state index in [1.807, 2.05) is 11.4 Å². The van der Waals surface area contributed by atoms with Crippen molar-refractivity contribution < 1.29 is 13.9 Å². The van der Waals surface area contributed by atoms with Gasteiger partial charge in [-0.2, -0.15) is 0 Å². The van der Waals surface area contributed by atoms with Gasteiger partial charge in [-0.15, -0.1) is 21.5 Å². The lowest BCUT2D eigenvalue weighted by Crippen LogP contribution is -2.28. The number of anilines is 1. The maximum Gasteiger partial charge on any atom is 0.272 e. The summed E-state index contributed by atoms with van der Waals surface area (Å²) in [4.78, 5) is 25.5. The average molecular weight is 494 g/mol. The summed E-state index contributed by atoms with van der Waals surface area (Å²) < 4.78 is 22.9. The van der Waals surface area contributed by atoms with E-state index in [-0.39, 0.29) is 28.3 Å². The largest absolute Gasteiger partial charge is 0.376 e. The first-order chi connectivity index (χ1) is 15.5. The van der Waals surface area contributed by atoms with Crippen LogP contribution < -0.4 is 10.9 Å². The van der Waals surface area contributed by atoms with Crippen molar-refractivity contribution in [2.24, 2.45) is 0 Å². The number of thiophene rings is 1. The van der Waals surface area contributed by atoms with E-state index in [1.165, 1.54) is 35.2 Å². The highest BCUT2D eigenvalue weighted by Crippen LogP contribution is 2.26. The number of thioether (sulfide) groups is 1. The van der Waals surface area contributed by atoms with Crippen LogP contribution in [-0.4, -0.2) is 43.5 Å². The second-order valence-corrected chi connectivity index (χ2v) is 9.53. The van der Waals surface area contributed by atoms with Crippen LogP contribution >= 0.6 is 34.7 Å². The van der Waals surface area contributed by atoms with Gasteiger partial charge in [0.05, 0.1) is 34.6 Å². The molecular weight excluding hydrogens is 477 g/mol. The second-order valence-electron chi connectivity index (χ2n) is 7.26. The molecule has 0 aliphatic carbocycles. The molecule has 0 unspecified atom stereocenters. The number of amides is 1. The van der Waals surface area contributed by atoms with Gasteiger partial charge in [0.15, 0.2) is 5.16 Å². The van der Waals surface area contributed by atoms with Crippen LogP contribution in [0.25, 0.3) is 16.0 Å². The molecule has 1 amide bonds. The van der Waals surface area contributed by atoms with Gasteiger partial charge in [0.25, 0.3) is 5.56 Å². The van der Waals surface area contributed by atoms with Crippen LogP contribution in [0.2, 0.25) is 5.02 Å². The molecule has 1 N–H and O–H groups in total. The fourth-order valence-corrected chi connectivity index (χ4v) is 5.44. The number of rotatable bonds is 6. The zero-order chi connectivity index (χ0) is 22.2. The van der Waals surface area contributed by atoms with Crippen molar-refractivity contribution in [3.63, 3.8) is 0 Å². The summed E-state index contributed by atoms with van der Waals surface area (Å²) in [5.74, 6) is -0.355. The van der Waals surface area contributed by atoms with Crippen LogP contribution in [0.1, 0.15) is 12.8 Å². The van der Waals surface area contributed by atoms with Crippen LogP contribution in [0.3, 0.4) is 0 Å². The highest BCUT2D eigenvalue weighted by Gasteiger charge is 2.23. The molecule has 1 aromatic carbocycles. The topological polar surface area (TPSA) is 90.5 Å². The Kier molecular flexibility index (Phi) is 5.89. The van der Waals surface area contributed by atoms with Crippen LogP contribution in [0.5, 0.6) is 0 Å². The third kappa shape index (κ3) is 4.01. The monoisotopic (exact) mass is 493 g/mol. The average Bonchev–Trinajstić information content (AvgIpc) is 3.52. The molecule has 0 bridgehead atoms. The maximum absolute atomic E-state index is 13.2. The van der Waals surface area contributed by atoms with E-state index >= 15 is 0 Å². The SMILES string of the molecule is O=C(CSc1nnc2n(C[C@@H]3CCCO3)c(=O)c3sccc3n12)Nc1ccc(F)cc1Cl. The minimum atomic E-state index is -0.480. The smallest absolute Gasteiger partial charge is 0.272 e. The van der Waals surface area contributed by atoms with E-state index in [9.17, 15) is 14.0 Å². The first kappa shape index (κ1) is 21.4. The summed E-state index contributed by atoms with van der Waals surface area (Å²) in [6, 6.07) is 5.61. The fourth-order valence-electron chi connectivity index (χ4n) is 3.66. The summed E-state index contributed by atoms with van der Waals surface area (Å²) in [5, 5.41) is 13.6. The van der Waals surface area contributed by atoms with E-state index in [0.717, 1.165) is 18.9 Å². The molecule has 1 fully saturated rings. The van der Waals surface area contributed by atoms with Crippen LogP contribution in [-0.2, 0) is 16.1 Å². The molecular formula is C20H17ClFN5O3S2. The molecule has 8 nitrogen and oxygen atoms in total. The molecule has 166 valence electrons. The highest BCUT2D eigenvalue weighted by atomic mass is 35.5. The Balaban J connectivity index is 1.42. The van der Waals surface area contributed by atoms with Crippen LogP contribution in [0, 0.1) is 5.82 Å². The van der Waals surface area contributed by atoms with Crippen molar-refractivity contribution in [1.29, 1.82) is 0 Å². The second kappa shape index (κ2) is 8.81. The van der Waals surface area contributed by atoms with Gasteiger partial charge < -0.3 is 10.1 Å². The Labute approximate surface area is 194 Å². The van der Waals surface area contributed by atoms with Gasteiger partial charge in [-0.05, 0) is 42.5 Å². The van der Waals surface area contributed by atoms with Gasteiger partial charge in [-0.3, -0.25) is 18.6 Å². The number of carbonyl (C=O) groups excluding carboxylic acids is 1. The molecule has 12 heteroatoms. The molecule has 0 spiro atoms. The summed E-state index contributed by atoms with van der Waals surface area (Å²) in [7, 11) is 0. The van der Waals surface area contributed by atoms with Gasteiger partial charge in [-0.25, -0.2) is 4.39 Å². The van der Waals surface area contributed by atoms with Crippen molar-refractivity contribution in [2.75, 3.05) is 17.7 Å². The summed E-state index contributed by atoms with van der Waals surface area (Å²) in [6.07, 6.45) is 1.83. The minimum absolute atomic E-state index is 0.0327. The molecule has 0 saturated carbocycles. The molecule has 1 aliphatic rings. The number of hydrogen-bond acceptors (Lipinski definition) is 7. The zero-order valence-corrected chi connectivity index (χ0v) is 19.0. The Morgan fingerprint density at radius 1 is 1.38 bits per heavy atom. The van der Waals surface area contributed by atoms with Gasteiger partial charge >= 0.3 is 0 Å². The summed E-state index contributed by atoms with van der Waals surface area (Å²) >= 11 is 8.52. The predicted molar refractivity (Wildman–Crippen MR) is 122 cm³/mol. The van der Waals surface area contributed by atoms with Gasteiger partial charge in [0, 0.05) is 6.61 Å². The Morgan fingerprint density at radius 3 is 3.03 bits per heavy atom. The van der Waals surface area contributed by atoms with Crippen LogP contribution in [0.15, 0.2) is 39.6 Å². The molecule has 0 radical (unpaired) electrons. The third-order valence-electron chi connectivity index (χ3n) is 5.13. The lowest BCUT2D eigenvalue weighted by Gasteiger charge is -2.13. The number of aromatic nitrogens is 4. The van der Waals surface area contributed by atoms with E-state index in [4.69, 9.17) is 16.3 Å². The van der Waals surface area contributed by atoms with Crippen LogP contribution in [0.4, 0.5) is 10.1 Å². The summed E-state index contributed by atoms with van der Waals surface area (Å²) in [5.41, 5.74) is 0.911. The van der Waals surface area contributed by atoms with E-state index in [1.54, 1.807) is 8.97 Å². The Morgan fingerprint density at radius 2 is 2.25 bits per heavy atom. The number of halogens is 2. The molecule has 1 atom stereocenters. The van der Waals surface area contributed by atoms with Crippen molar-refractivity contribution in [2.45, 2.75) is 30.6 Å². The van der Waals surface area contributed by atoms with E-state index < -0.39 is 5.82 Å². The first-order valence-corrected chi connectivity index (χ1v) is 12.1. The molecule has 32 heavy (non-hydrogen) atoms. The number of hydrogen-bond donors (Lipinski definition) is 1. The Hall–Kier alpha value is -2.47. The number of fused-ring (bicyclic) bond motifs is 3. The third-order valence-corrected chi connectivity index (χ3v) is 7.26. The minimum Gasteiger partial charge on any atom is -0.376 e. The normalized spacial score (nSPS) is 16.2. The quantitative estimate of drug-likeness (QED) is 0.411. The van der Waals surface area contributed by atoms with Crippen molar-refractivity contribution >= 4 is 62.3 Å². The van der Waals surface area contributed by atoms with E-state index in [2.05, 4.69) is 15.5 Å². The standard InChI is InChI=1S/C20H17ClFN5O3S2/c21-13-8-11(22)3-4-14(13)23-16(28)10-32-20-25-24-19-26(9-12-2-1-6-30-12)18(29)17-15(27(19)20)5-7-31-17/h3-5,7-8,12H,1-2,6,9-10H2,(H,23,28)/t12-/m0/s1. The number of carbonyl (C=O) groups is 1. The highest BCUT2D eigenvalue weighted by molar-refractivity contribution is 7.99. The number of ether oxygens (including phenoxy) is 1. The van der Waals surface area contributed by atoms with E-state index in [0.29, 0.717) is 40.0 Å². The van der Waals surface area contributed by atoms with Gasteiger partial charge in [0.2, 0.25) is 11.7 Å². The molecule has 4 aromatic rings. The lowest BCUT2D eigenvalue weighted by atomic mass is 10.2. The van der Waals surface area contributed by atoms with Gasteiger partial charge in [-0.1, -0.05) is 23.4 Å². The fraction of sp³-hybridized carbons (Fsp3) is 0.300. The number of benzene rings is 1. The molecule has 4 heterocycles. The molecule has 5 rings (SSSR count). The zero-order valence-electron chi connectivity index (χ0n) is 16.6. The first-order valence-electron chi connectivity index (χ1n) is 9.85. The van der Waals surface area contributed by atoms with Gasteiger partial charge in [0.1, 0.15) is 10.5 Å². The van der Waals surface area contributed by atoms with Crippen molar-refractivity contribution in [3.8, 4) is 0 Å². The maximum atomic E-state index is 13.2.